The third-order valence-electron chi connectivity index (χ3n) is 2.93. The first-order valence-corrected chi connectivity index (χ1v) is 6.32. The van der Waals surface area contributed by atoms with Crippen LogP contribution in [0, 0.1) is 19.8 Å². The van der Waals surface area contributed by atoms with E-state index in [0.29, 0.717) is 6.54 Å². The molecule has 0 aliphatic heterocycles. The lowest BCUT2D eigenvalue weighted by atomic mass is 10.0. The highest BCUT2D eigenvalue weighted by Gasteiger charge is 2.21. The number of methoxy groups -OCH3 is 1. The van der Waals surface area contributed by atoms with Crippen molar-refractivity contribution in [2.75, 3.05) is 7.11 Å². The van der Waals surface area contributed by atoms with Crippen molar-refractivity contribution in [3.05, 3.63) is 34.9 Å². The van der Waals surface area contributed by atoms with E-state index in [-0.39, 0.29) is 17.9 Å². The number of esters is 1. The van der Waals surface area contributed by atoms with Gasteiger partial charge in [0.1, 0.15) is 6.04 Å². The van der Waals surface area contributed by atoms with E-state index < -0.39 is 0 Å². The highest BCUT2D eigenvalue weighted by atomic mass is 16.5. The summed E-state index contributed by atoms with van der Waals surface area (Å²) >= 11 is 0. The van der Waals surface area contributed by atoms with Gasteiger partial charge in [-0.2, -0.15) is 0 Å². The fourth-order valence-electron chi connectivity index (χ4n) is 2.12. The van der Waals surface area contributed by atoms with Crippen LogP contribution in [0.25, 0.3) is 0 Å². The highest BCUT2D eigenvalue weighted by molar-refractivity contribution is 5.75. The van der Waals surface area contributed by atoms with Gasteiger partial charge in [-0.15, -0.1) is 0 Å². The Morgan fingerprint density at radius 2 is 1.78 bits per heavy atom. The lowest BCUT2D eigenvalue weighted by Gasteiger charge is -2.20. The molecule has 0 saturated heterocycles. The predicted octanol–water partition coefficient (Wildman–Crippen LogP) is 2.59. The van der Waals surface area contributed by atoms with E-state index in [1.165, 1.54) is 23.8 Å². The van der Waals surface area contributed by atoms with Crippen molar-refractivity contribution in [1.82, 2.24) is 5.32 Å². The smallest absolute Gasteiger partial charge is 0.323 e. The van der Waals surface area contributed by atoms with E-state index >= 15 is 0 Å². The van der Waals surface area contributed by atoms with Gasteiger partial charge in [0.25, 0.3) is 0 Å². The summed E-state index contributed by atoms with van der Waals surface area (Å²) in [5, 5.41) is 3.27. The zero-order valence-corrected chi connectivity index (χ0v) is 11.9. The van der Waals surface area contributed by atoms with Crippen LogP contribution in [0.4, 0.5) is 0 Å². The molecule has 100 valence electrons. The average Bonchev–Trinajstić information content (AvgIpc) is 2.27. The summed E-state index contributed by atoms with van der Waals surface area (Å²) in [6.45, 7) is 8.86. The number of aryl methyl sites for hydroxylation is 2. The summed E-state index contributed by atoms with van der Waals surface area (Å²) in [5.41, 5.74) is 3.68. The molecule has 18 heavy (non-hydrogen) atoms. The Bertz CT molecular complexity index is 393. The molecule has 0 saturated carbocycles. The predicted molar refractivity (Wildman–Crippen MR) is 73.4 cm³/mol. The molecule has 0 amide bonds. The zero-order valence-electron chi connectivity index (χ0n) is 11.9. The molecule has 0 unspecified atom stereocenters. The Labute approximate surface area is 110 Å². The number of carbonyl (C=O) groups is 1. The van der Waals surface area contributed by atoms with Gasteiger partial charge in [-0.1, -0.05) is 43.2 Å². The minimum absolute atomic E-state index is 0.200. The van der Waals surface area contributed by atoms with Gasteiger partial charge in [-0.3, -0.25) is 4.79 Å². The van der Waals surface area contributed by atoms with Gasteiger partial charge in [-0.25, -0.2) is 0 Å². The van der Waals surface area contributed by atoms with Crippen LogP contribution in [0.5, 0.6) is 0 Å². The first kappa shape index (κ1) is 14.7. The fourth-order valence-corrected chi connectivity index (χ4v) is 2.12. The van der Waals surface area contributed by atoms with Gasteiger partial charge in [0.2, 0.25) is 0 Å². The molecule has 1 N–H and O–H groups in total. The maximum absolute atomic E-state index is 11.6. The van der Waals surface area contributed by atoms with E-state index in [1.807, 2.05) is 13.8 Å². The molecule has 1 aromatic carbocycles. The molecule has 0 aliphatic rings. The van der Waals surface area contributed by atoms with Gasteiger partial charge in [0, 0.05) is 6.54 Å². The van der Waals surface area contributed by atoms with Crippen LogP contribution < -0.4 is 5.32 Å². The minimum Gasteiger partial charge on any atom is -0.468 e. The molecule has 3 heteroatoms. The van der Waals surface area contributed by atoms with Crippen molar-refractivity contribution in [3.8, 4) is 0 Å². The van der Waals surface area contributed by atoms with Crippen LogP contribution in [-0.2, 0) is 16.1 Å². The molecule has 0 aliphatic carbocycles. The van der Waals surface area contributed by atoms with Crippen molar-refractivity contribution in [1.29, 1.82) is 0 Å². The standard InChI is InChI=1S/C15H23NO2/c1-10(2)14(15(17)18-5)16-9-13-7-11(3)6-12(4)8-13/h6-8,10,14,16H,9H2,1-5H3/t14-/m0/s1. The second-order valence-electron chi connectivity index (χ2n) is 5.12. The Hall–Kier alpha value is -1.35. The third-order valence-corrected chi connectivity index (χ3v) is 2.93. The summed E-state index contributed by atoms with van der Waals surface area (Å²) < 4.78 is 4.81. The number of carbonyl (C=O) groups excluding carboxylic acids is 1. The van der Waals surface area contributed by atoms with Crippen LogP contribution in [0.15, 0.2) is 18.2 Å². The van der Waals surface area contributed by atoms with Crippen LogP contribution in [0.1, 0.15) is 30.5 Å². The topological polar surface area (TPSA) is 38.3 Å². The fraction of sp³-hybridized carbons (Fsp3) is 0.533. The normalized spacial score (nSPS) is 12.6. The Morgan fingerprint density at radius 3 is 2.22 bits per heavy atom. The molecular weight excluding hydrogens is 226 g/mol. The number of rotatable bonds is 5. The Morgan fingerprint density at radius 1 is 1.22 bits per heavy atom. The van der Waals surface area contributed by atoms with Crippen molar-refractivity contribution >= 4 is 5.97 Å². The molecule has 0 fully saturated rings. The maximum atomic E-state index is 11.6. The molecule has 1 aromatic rings. The quantitative estimate of drug-likeness (QED) is 0.815. The largest absolute Gasteiger partial charge is 0.468 e. The van der Waals surface area contributed by atoms with Gasteiger partial charge in [-0.05, 0) is 25.3 Å². The maximum Gasteiger partial charge on any atom is 0.323 e. The van der Waals surface area contributed by atoms with E-state index in [1.54, 1.807) is 0 Å². The molecule has 0 radical (unpaired) electrons. The molecule has 0 heterocycles. The second-order valence-corrected chi connectivity index (χ2v) is 5.12. The van der Waals surface area contributed by atoms with Gasteiger partial charge in [0.05, 0.1) is 7.11 Å². The van der Waals surface area contributed by atoms with Crippen molar-refractivity contribution in [2.24, 2.45) is 5.92 Å². The van der Waals surface area contributed by atoms with Crippen molar-refractivity contribution < 1.29 is 9.53 Å². The number of nitrogens with one attached hydrogen (secondary N) is 1. The SMILES string of the molecule is COC(=O)[C@@H](NCc1cc(C)cc(C)c1)C(C)C. The second kappa shape index (κ2) is 6.55. The van der Waals surface area contributed by atoms with Crippen LogP contribution in [0.2, 0.25) is 0 Å². The van der Waals surface area contributed by atoms with Crippen LogP contribution >= 0.6 is 0 Å². The van der Waals surface area contributed by atoms with Crippen LogP contribution in [-0.4, -0.2) is 19.1 Å². The monoisotopic (exact) mass is 249 g/mol. The van der Waals surface area contributed by atoms with E-state index in [0.717, 1.165) is 0 Å². The lowest BCUT2D eigenvalue weighted by molar-refractivity contribution is -0.144. The zero-order chi connectivity index (χ0) is 13.7. The van der Waals surface area contributed by atoms with Crippen LogP contribution in [0.3, 0.4) is 0 Å². The third kappa shape index (κ3) is 4.15. The summed E-state index contributed by atoms with van der Waals surface area (Å²) in [7, 11) is 1.43. The number of benzene rings is 1. The number of hydrogen-bond acceptors (Lipinski definition) is 3. The first-order chi connectivity index (χ1) is 8.43. The highest BCUT2D eigenvalue weighted by Crippen LogP contribution is 2.10. The molecular formula is C15H23NO2. The average molecular weight is 249 g/mol. The molecule has 1 rings (SSSR count). The van der Waals surface area contributed by atoms with Gasteiger partial charge in [0.15, 0.2) is 0 Å². The molecule has 0 spiro atoms. The summed E-state index contributed by atoms with van der Waals surface area (Å²) in [4.78, 5) is 11.6. The van der Waals surface area contributed by atoms with E-state index in [9.17, 15) is 4.79 Å². The molecule has 0 aromatic heterocycles. The summed E-state index contributed by atoms with van der Waals surface area (Å²) in [6.07, 6.45) is 0. The van der Waals surface area contributed by atoms with Gasteiger partial charge >= 0.3 is 5.97 Å². The summed E-state index contributed by atoms with van der Waals surface area (Å²) in [6, 6.07) is 6.16. The molecule has 0 bridgehead atoms. The molecule has 3 nitrogen and oxygen atoms in total. The minimum atomic E-state index is -0.254. The van der Waals surface area contributed by atoms with Gasteiger partial charge < -0.3 is 10.1 Å². The number of hydrogen-bond donors (Lipinski definition) is 1. The van der Waals surface area contributed by atoms with Crippen molar-refractivity contribution in [2.45, 2.75) is 40.3 Å². The van der Waals surface area contributed by atoms with E-state index in [2.05, 4.69) is 37.4 Å². The van der Waals surface area contributed by atoms with E-state index in [4.69, 9.17) is 4.74 Å². The number of ether oxygens (including phenoxy) is 1. The Balaban J connectivity index is 2.69. The summed E-state index contributed by atoms with van der Waals surface area (Å²) in [5.74, 6) is 0.0118. The Kier molecular flexibility index (Phi) is 5.35. The lowest BCUT2D eigenvalue weighted by Crippen LogP contribution is -2.41. The molecule has 1 atom stereocenters. The first-order valence-electron chi connectivity index (χ1n) is 6.32. The van der Waals surface area contributed by atoms with Crippen molar-refractivity contribution in [3.63, 3.8) is 0 Å².